The summed E-state index contributed by atoms with van der Waals surface area (Å²) in [6, 6.07) is 10.3. The summed E-state index contributed by atoms with van der Waals surface area (Å²) < 4.78 is 0. The Hall–Kier alpha value is -2.73. The van der Waals surface area contributed by atoms with Crippen molar-refractivity contribution in [3.63, 3.8) is 0 Å². The third-order valence-corrected chi connectivity index (χ3v) is 3.87. The highest BCUT2D eigenvalue weighted by atomic mass is 35.5. The molecule has 24 heavy (non-hydrogen) atoms. The van der Waals surface area contributed by atoms with Crippen molar-refractivity contribution in [2.24, 2.45) is 0 Å². The summed E-state index contributed by atoms with van der Waals surface area (Å²) in [4.78, 5) is 37.4. The quantitative estimate of drug-likeness (QED) is 0.739. The maximum atomic E-state index is 12.6. The van der Waals surface area contributed by atoms with Crippen LogP contribution in [0.25, 0.3) is 10.9 Å². The number of aromatic nitrogens is 3. The van der Waals surface area contributed by atoms with Crippen LogP contribution in [0.3, 0.4) is 0 Å². The number of rotatable bonds is 4. The van der Waals surface area contributed by atoms with Gasteiger partial charge in [0.05, 0.1) is 23.0 Å². The Morgan fingerprint density at radius 3 is 2.75 bits per heavy atom. The van der Waals surface area contributed by atoms with Gasteiger partial charge in [0.25, 0.3) is 11.5 Å². The zero-order chi connectivity index (χ0) is 17.1. The van der Waals surface area contributed by atoms with Crippen molar-refractivity contribution in [2.75, 3.05) is 6.54 Å². The molecular weight excluding hydrogens is 328 g/mol. The molecule has 3 aromatic rings. The van der Waals surface area contributed by atoms with E-state index in [0.29, 0.717) is 34.0 Å². The van der Waals surface area contributed by atoms with Gasteiger partial charge < -0.3 is 9.88 Å². The number of carbonyl (C=O) groups excluding carboxylic acids is 1. The van der Waals surface area contributed by atoms with Gasteiger partial charge >= 0.3 is 0 Å². The van der Waals surface area contributed by atoms with Gasteiger partial charge in [0, 0.05) is 12.7 Å². The lowest BCUT2D eigenvalue weighted by Gasteiger charge is -2.20. The summed E-state index contributed by atoms with van der Waals surface area (Å²) in [7, 11) is 0. The lowest BCUT2D eigenvalue weighted by Crippen LogP contribution is -2.32. The van der Waals surface area contributed by atoms with Gasteiger partial charge in [-0.25, -0.2) is 9.97 Å². The van der Waals surface area contributed by atoms with E-state index in [2.05, 4.69) is 15.0 Å². The van der Waals surface area contributed by atoms with Crippen LogP contribution in [-0.4, -0.2) is 32.3 Å². The van der Waals surface area contributed by atoms with Crippen molar-refractivity contribution >= 4 is 28.4 Å². The van der Waals surface area contributed by atoms with Gasteiger partial charge in [-0.2, -0.15) is 0 Å². The van der Waals surface area contributed by atoms with Crippen LogP contribution < -0.4 is 5.56 Å². The number of fused-ring (bicyclic) bond motifs is 1. The Balaban J connectivity index is 1.89. The molecule has 0 saturated carbocycles. The van der Waals surface area contributed by atoms with E-state index in [4.69, 9.17) is 11.6 Å². The normalized spacial score (nSPS) is 10.8. The van der Waals surface area contributed by atoms with Gasteiger partial charge in [-0.3, -0.25) is 9.59 Å². The molecule has 0 fully saturated rings. The van der Waals surface area contributed by atoms with E-state index in [0.717, 1.165) is 0 Å². The average molecular weight is 343 g/mol. The fourth-order valence-electron chi connectivity index (χ4n) is 2.40. The first-order valence-corrected chi connectivity index (χ1v) is 7.85. The lowest BCUT2D eigenvalue weighted by molar-refractivity contribution is 0.0748. The summed E-state index contributed by atoms with van der Waals surface area (Å²) in [6.07, 6.45) is 1.43. The first kappa shape index (κ1) is 16.1. The lowest BCUT2D eigenvalue weighted by atomic mass is 10.2. The van der Waals surface area contributed by atoms with E-state index in [1.54, 1.807) is 35.2 Å². The maximum Gasteiger partial charge on any atom is 0.258 e. The molecule has 6 nitrogen and oxygen atoms in total. The van der Waals surface area contributed by atoms with Crippen LogP contribution in [0.4, 0.5) is 0 Å². The maximum absolute atomic E-state index is 12.6. The molecule has 0 saturated heterocycles. The fourth-order valence-corrected chi connectivity index (χ4v) is 2.51. The summed E-state index contributed by atoms with van der Waals surface area (Å²) in [5.74, 6) is 0.244. The largest absolute Gasteiger partial charge is 0.331 e. The highest BCUT2D eigenvalue weighted by molar-refractivity contribution is 6.29. The number of pyridine rings is 1. The smallest absolute Gasteiger partial charge is 0.258 e. The van der Waals surface area contributed by atoms with E-state index in [1.165, 1.54) is 6.20 Å². The van der Waals surface area contributed by atoms with Crippen molar-refractivity contribution < 1.29 is 4.79 Å². The number of nitrogens with one attached hydrogen (secondary N) is 1. The second-order valence-electron chi connectivity index (χ2n) is 5.22. The number of para-hydroxylation sites is 1. The van der Waals surface area contributed by atoms with Crippen molar-refractivity contribution in [3.8, 4) is 0 Å². The number of halogens is 1. The molecule has 0 unspecified atom stereocenters. The Bertz CT molecular complexity index is 937. The molecule has 0 atom stereocenters. The number of H-pyrrole nitrogens is 1. The summed E-state index contributed by atoms with van der Waals surface area (Å²) in [6.45, 7) is 2.54. The standard InChI is InChI=1S/C17H15ClN4O2/c1-2-22(17(24)11-7-8-14(18)19-9-11)10-15-20-13-6-4-3-5-12(13)16(23)21-15/h3-9H,2,10H2,1H3,(H,20,21,23). The molecule has 0 aliphatic rings. The minimum absolute atomic E-state index is 0.197. The van der Waals surface area contributed by atoms with Crippen LogP contribution in [0.15, 0.2) is 47.4 Å². The van der Waals surface area contributed by atoms with E-state index in [1.807, 2.05) is 13.0 Å². The second-order valence-corrected chi connectivity index (χ2v) is 5.61. The van der Waals surface area contributed by atoms with Crippen LogP contribution in [0.2, 0.25) is 5.15 Å². The van der Waals surface area contributed by atoms with Crippen molar-refractivity contribution in [1.29, 1.82) is 0 Å². The Morgan fingerprint density at radius 1 is 1.25 bits per heavy atom. The fraction of sp³-hybridized carbons (Fsp3) is 0.176. The molecule has 0 spiro atoms. The number of nitrogens with zero attached hydrogens (tertiary/aromatic N) is 3. The average Bonchev–Trinajstić information content (AvgIpc) is 2.60. The van der Waals surface area contributed by atoms with Crippen molar-refractivity contribution in [3.05, 3.63) is 69.5 Å². The number of amides is 1. The summed E-state index contributed by atoms with van der Waals surface area (Å²) >= 11 is 5.75. The summed E-state index contributed by atoms with van der Waals surface area (Å²) in [5, 5.41) is 0.854. The third kappa shape index (κ3) is 3.28. The molecule has 1 N–H and O–H groups in total. The second kappa shape index (κ2) is 6.80. The highest BCUT2D eigenvalue weighted by Gasteiger charge is 2.16. The molecule has 0 radical (unpaired) electrons. The molecule has 1 amide bonds. The molecule has 0 bridgehead atoms. The number of carbonyl (C=O) groups is 1. The minimum atomic E-state index is -0.215. The number of benzene rings is 1. The first-order valence-electron chi connectivity index (χ1n) is 7.47. The molecule has 1 aromatic carbocycles. The van der Waals surface area contributed by atoms with Crippen LogP contribution in [0, 0.1) is 0 Å². The monoisotopic (exact) mass is 342 g/mol. The molecule has 3 rings (SSSR count). The molecule has 122 valence electrons. The zero-order valence-corrected chi connectivity index (χ0v) is 13.7. The summed E-state index contributed by atoms with van der Waals surface area (Å²) in [5.41, 5.74) is 0.824. The van der Waals surface area contributed by atoms with Gasteiger partial charge in [0.2, 0.25) is 0 Å². The Kier molecular flexibility index (Phi) is 4.57. The van der Waals surface area contributed by atoms with Gasteiger partial charge in [-0.1, -0.05) is 23.7 Å². The van der Waals surface area contributed by atoms with Gasteiger partial charge in [-0.05, 0) is 31.2 Å². The molecule has 0 aliphatic heterocycles. The number of hydrogen-bond donors (Lipinski definition) is 1. The predicted molar refractivity (Wildman–Crippen MR) is 92.0 cm³/mol. The van der Waals surface area contributed by atoms with Gasteiger partial charge in [-0.15, -0.1) is 0 Å². The predicted octanol–water partition coefficient (Wildman–Crippen LogP) is 2.63. The van der Waals surface area contributed by atoms with E-state index in [9.17, 15) is 9.59 Å². The topological polar surface area (TPSA) is 79.0 Å². The van der Waals surface area contributed by atoms with Crippen molar-refractivity contribution in [1.82, 2.24) is 19.9 Å². The zero-order valence-electron chi connectivity index (χ0n) is 13.0. The van der Waals surface area contributed by atoms with Crippen LogP contribution in [0.5, 0.6) is 0 Å². The van der Waals surface area contributed by atoms with Crippen LogP contribution >= 0.6 is 11.6 Å². The van der Waals surface area contributed by atoms with Crippen molar-refractivity contribution in [2.45, 2.75) is 13.5 Å². The van der Waals surface area contributed by atoms with Crippen LogP contribution in [-0.2, 0) is 6.54 Å². The SMILES string of the molecule is CCN(Cc1nc2ccccc2c(=O)[nH]1)C(=O)c1ccc(Cl)nc1. The van der Waals surface area contributed by atoms with E-state index < -0.39 is 0 Å². The Labute approximate surface area is 143 Å². The van der Waals surface area contributed by atoms with Gasteiger partial charge in [0.15, 0.2) is 0 Å². The molecule has 0 aliphatic carbocycles. The van der Waals surface area contributed by atoms with E-state index >= 15 is 0 Å². The molecule has 2 heterocycles. The van der Waals surface area contributed by atoms with Crippen LogP contribution in [0.1, 0.15) is 23.1 Å². The number of hydrogen-bond acceptors (Lipinski definition) is 4. The molecule has 2 aromatic heterocycles. The molecule has 7 heteroatoms. The van der Waals surface area contributed by atoms with Gasteiger partial charge in [0.1, 0.15) is 11.0 Å². The Morgan fingerprint density at radius 2 is 2.04 bits per heavy atom. The van der Waals surface area contributed by atoms with E-state index in [-0.39, 0.29) is 18.0 Å². The minimum Gasteiger partial charge on any atom is -0.331 e. The third-order valence-electron chi connectivity index (χ3n) is 3.65. The molecular formula is C17H15ClN4O2. The number of aromatic amines is 1. The first-order chi connectivity index (χ1) is 11.6. The highest BCUT2D eigenvalue weighted by Crippen LogP contribution is 2.11.